The van der Waals surface area contributed by atoms with Crippen molar-refractivity contribution in [3.05, 3.63) is 75.7 Å². The van der Waals surface area contributed by atoms with Gasteiger partial charge >= 0.3 is 0 Å². The number of hydrogen-bond acceptors (Lipinski definition) is 5. The predicted molar refractivity (Wildman–Crippen MR) is 132 cm³/mol. The Bertz CT molecular complexity index is 1280. The fourth-order valence-electron chi connectivity index (χ4n) is 2.90. The molecule has 0 saturated heterocycles. The highest BCUT2D eigenvalue weighted by molar-refractivity contribution is 7.92. The van der Waals surface area contributed by atoms with Gasteiger partial charge in [-0.15, -0.1) is 0 Å². The number of ether oxygens (including phenoxy) is 2. The van der Waals surface area contributed by atoms with Crippen LogP contribution in [0.3, 0.4) is 0 Å². The second kappa shape index (κ2) is 10.5. The maximum absolute atomic E-state index is 12.9. The quantitative estimate of drug-likeness (QED) is 0.395. The van der Waals surface area contributed by atoms with Crippen molar-refractivity contribution in [3.8, 4) is 17.2 Å². The molecular formula is C22H19Cl3N2O5S. The molecule has 0 aliphatic rings. The van der Waals surface area contributed by atoms with E-state index in [1.807, 2.05) is 0 Å². The van der Waals surface area contributed by atoms with Crippen LogP contribution >= 0.6 is 34.8 Å². The van der Waals surface area contributed by atoms with E-state index in [4.69, 9.17) is 44.3 Å². The molecule has 0 bridgehead atoms. The SMILES string of the molecule is COc1ccccc1Oc1ccc(Cl)cc1NC(=O)CN(c1ccc(Cl)cc1Cl)S(C)(=O)=O. The molecule has 0 aliphatic heterocycles. The third kappa shape index (κ3) is 6.45. The van der Waals surface area contributed by atoms with Gasteiger partial charge in [-0.25, -0.2) is 8.42 Å². The van der Waals surface area contributed by atoms with Crippen LogP contribution in [0.4, 0.5) is 11.4 Å². The van der Waals surface area contributed by atoms with Gasteiger partial charge in [0.15, 0.2) is 17.2 Å². The summed E-state index contributed by atoms with van der Waals surface area (Å²) in [5.74, 6) is 0.556. The molecule has 0 spiro atoms. The summed E-state index contributed by atoms with van der Waals surface area (Å²) in [4.78, 5) is 12.9. The number of sulfonamides is 1. The molecule has 1 N–H and O–H groups in total. The Morgan fingerprint density at radius 1 is 0.939 bits per heavy atom. The first-order valence-electron chi connectivity index (χ1n) is 9.41. The molecule has 174 valence electrons. The van der Waals surface area contributed by atoms with Crippen molar-refractivity contribution in [2.75, 3.05) is 29.5 Å². The van der Waals surface area contributed by atoms with Gasteiger partial charge in [-0.2, -0.15) is 0 Å². The van der Waals surface area contributed by atoms with Crippen molar-refractivity contribution in [2.45, 2.75) is 0 Å². The van der Waals surface area contributed by atoms with Crippen LogP contribution in [0.1, 0.15) is 0 Å². The van der Waals surface area contributed by atoms with Gasteiger partial charge in [-0.05, 0) is 48.5 Å². The summed E-state index contributed by atoms with van der Waals surface area (Å²) in [6, 6.07) is 16.0. The van der Waals surface area contributed by atoms with Crippen molar-refractivity contribution >= 4 is 62.1 Å². The van der Waals surface area contributed by atoms with Gasteiger partial charge in [0.2, 0.25) is 15.9 Å². The molecular weight excluding hydrogens is 511 g/mol. The van der Waals surface area contributed by atoms with Crippen LogP contribution in [0.2, 0.25) is 15.1 Å². The summed E-state index contributed by atoms with van der Waals surface area (Å²) in [7, 11) is -2.34. The zero-order chi connectivity index (χ0) is 24.2. The monoisotopic (exact) mass is 528 g/mol. The van der Waals surface area contributed by atoms with Gasteiger partial charge in [-0.3, -0.25) is 9.10 Å². The van der Waals surface area contributed by atoms with Crippen LogP contribution < -0.4 is 19.1 Å². The molecule has 0 heterocycles. The molecule has 0 radical (unpaired) electrons. The zero-order valence-electron chi connectivity index (χ0n) is 17.5. The Morgan fingerprint density at radius 3 is 2.21 bits per heavy atom. The lowest BCUT2D eigenvalue weighted by atomic mass is 10.2. The van der Waals surface area contributed by atoms with Gasteiger partial charge in [0, 0.05) is 10.0 Å². The number of amides is 1. The van der Waals surface area contributed by atoms with Crippen LogP contribution in [0.15, 0.2) is 60.7 Å². The lowest BCUT2D eigenvalue weighted by Crippen LogP contribution is -2.37. The highest BCUT2D eigenvalue weighted by Gasteiger charge is 2.24. The summed E-state index contributed by atoms with van der Waals surface area (Å²) >= 11 is 18.2. The minimum atomic E-state index is -3.85. The molecule has 11 heteroatoms. The largest absolute Gasteiger partial charge is 0.493 e. The lowest BCUT2D eigenvalue weighted by Gasteiger charge is -2.23. The first-order chi connectivity index (χ1) is 15.6. The Kier molecular flexibility index (Phi) is 7.97. The molecule has 0 aromatic heterocycles. The highest BCUT2D eigenvalue weighted by atomic mass is 35.5. The Hall–Kier alpha value is -2.65. The summed E-state index contributed by atoms with van der Waals surface area (Å²) in [6.45, 7) is -0.541. The second-order valence-corrected chi connectivity index (χ2v) is 9.99. The van der Waals surface area contributed by atoms with E-state index in [9.17, 15) is 13.2 Å². The number of carbonyl (C=O) groups is 1. The van der Waals surface area contributed by atoms with Crippen molar-refractivity contribution in [3.63, 3.8) is 0 Å². The molecule has 1 amide bonds. The van der Waals surface area contributed by atoms with Crippen molar-refractivity contribution < 1.29 is 22.7 Å². The maximum Gasteiger partial charge on any atom is 0.245 e. The summed E-state index contributed by atoms with van der Waals surface area (Å²) in [6.07, 6.45) is 0.973. The van der Waals surface area contributed by atoms with Crippen LogP contribution in [-0.4, -0.2) is 34.2 Å². The predicted octanol–water partition coefficient (Wildman–Crippen LogP) is 5.85. The molecule has 0 fully saturated rings. The number of nitrogens with one attached hydrogen (secondary N) is 1. The van der Waals surface area contributed by atoms with E-state index in [1.165, 1.54) is 31.4 Å². The molecule has 33 heavy (non-hydrogen) atoms. The smallest absolute Gasteiger partial charge is 0.245 e. The van der Waals surface area contributed by atoms with E-state index >= 15 is 0 Å². The molecule has 7 nitrogen and oxygen atoms in total. The second-order valence-electron chi connectivity index (χ2n) is 6.81. The molecule has 0 aliphatic carbocycles. The Morgan fingerprint density at radius 2 is 1.58 bits per heavy atom. The standard InChI is InChI=1S/C22H19Cl3N2O5S/c1-31-20-5-3-4-6-21(20)32-19-10-8-15(24)12-17(19)26-22(28)13-27(33(2,29)30)18-9-7-14(23)11-16(18)25/h3-12H,13H2,1-2H3,(H,26,28). The number of anilines is 2. The Balaban J connectivity index is 1.88. The van der Waals surface area contributed by atoms with Crippen LogP contribution in [0.5, 0.6) is 17.2 Å². The summed E-state index contributed by atoms with van der Waals surface area (Å²) in [5, 5.41) is 3.41. The number of carbonyl (C=O) groups excluding carboxylic acids is 1. The maximum atomic E-state index is 12.9. The van der Waals surface area contributed by atoms with E-state index < -0.39 is 22.5 Å². The van der Waals surface area contributed by atoms with Gasteiger partial charge < -0.3 is 14.8 Å². The first-order valence-corrected chi connectivity index (χ1v) is 12.4. The number of para-hydroxylation sites is 2. The summed E-state index contributed by atoms with van der Waals surface area (Å²) < 4.78 is 36.8. The fraction of sp³-hybridized carbons (Fsp3) is 0.136. The van der Waals surface area contributed by atoms with E-state index in [-0.39, 0.29) is 22.1 Å². The number of nitrogens with zero attached hydrogens (tertiary/aromatic N) is 1. The molecule has 0 unspecified atom stereocenters. The first kappa shape index (κ1) is 25.0. The zero-order valence-corrected chi connectivity index (χ0v) is 20.6. The molecule has 0 saturated carbocycles. The van der Waals surface area contributed by atoms with Crippen molar-refractivity contribution in [1.82, 2.24) is 0 Å². The van der Waals surface area contributed by atoms with Gasteiger partial charge in [0.05, 0.1) is 29.8 Å². The third-order valence-corrected chi connectivity index (χ3v) is 6.27. The number of halogens is 3. The minimum Gasteiger partial charge on any atom is -0.493 e. The van der Waals surface area contributed by atoms with Gasteiger partial charge in [0.25, 0.3) is 0 Å². The minimum absolute atomic E-state index is 0.0867. The van der Waals surface area contributed by atoms with Crippen LogP contribution in [-0.2, 0) is 14.8 Å². The van der Waals surface area contributed by atoms with Crippen molar-refractivity contribution in [2.24, 2.45) is 0 Å². The van der Waals surface area contributed by atoms with E-state index in [2.05, 4.69) is 5.32 Å². The third-order valence-electron chi connectivity index (χ3n) is 4.37. The van der Waals surface area contributed by atoms with E-state index in [0.717, 1.165) is 10.6 Å². The number of hydrogen-bond donors (Lipinski definition) is 1. The molecule has 3 aromatic rings. The van der Waals surface area contributed by atoms with Crippen LogP contribution in [0, 0.1) is 0 Å². The average molecular weight is 530 g/mol. The van der Waals surface area contributed by atoms with Crippen LogP contribution in [0.25, 0.3) is 0 Å². The normalized spacial score (nSPS) is 11.1. The molecule has 0 atom stereocenters. The van der Waals surface area contributed by atoms with Crippen molar-refractivity contribution in [1.29, 1.82) is 0 Å². The van der Waals surface area contributed by atoms with Gasteiger partial charge in [0.1, 0.15) is 6.54 Å². The topological polar surface area (TPSA) is 84.9 Å². The van der Waals surface area contributed by atoms with E-state index in [0.29, 0.717) is 21.5 Å². The van der Waals surface area contributed by atoms with E-state index in [1.54, 1.807) is 36.4 Å². The highest BCUT2D eigenvalue weighted by Crippen LogP contribution is 2.36. The molecule has 3 aromatic carbocycles. The lowest BCUT2D eigenvalue weighted by molar-refractivity contribution is -0.114. The summed E-state index contributed by atoms with van der Waals surface area (Å²) in [5.41, 5.74) is 0.365. The average Bonchev–Trinajstić information content (AvgIpc) is 2.74. The molecule has 3 rings (SSSR count). The number of rotatable bonds is 8. The fourth-order valence-corrected chi connectivity index (χ4v) is 4.50. The Labute approximate surface area is 206 Å². The number of benzene rings is 3. The number of methoxy groups -OCH3 is 1. The van der Waals surface area contributed by atoms with Gasteiger partial charge in [-0.1, -0.05) is 46.9 Å².